The highest BCUT2D eigenvalue weighted by molar-refractivity contribution is 7.89. The molecule has 1 aliphatic carbocycles. The zero-order chi connectivity index (χ0) is 27.4. The molecule has 8 nitrogen and oxygen atoms in total. The standard InChI is InChI=1S/C29H33FN4O4S/c1-38-20-29(35)31-22-13-14-27(34-17-15-33(16-18-34)26-12-5-4-10-24(26)30)28(19-22)39(36,37)32-25-11-6-8-21-7-2-3-9-23(21)25/h2-5,7,9-10,12-14,19,25,32H,6,8,11,15-18,20H2,1H3,(H,31,35)/t25-/m0/s1. The highest BCUT2D eigenvalue weighted by Gasteiger charge is 2.30. The zero-order valence-electron chi connectivity index (χ0n) is 21.9. The van der Waals surface area contributed by atoms with Crippen molar-refractivity contribution in [2.45, 2.75) is 30.2 Å². The van der Waals surface area contributed by atoms with Crippen LogP contribution in [0.25, 0.3) is 0 Å². The summed E-state index contributed by atoms with van der Waals surface area (Å²) in [6.45, 7) is 1.96. The fourth-order valence-electron chi connectivity index (χ4n) is 5.42. The number of nitrogens with zero attached hydrogens (tertiary/aromatic N) is 2. The molecule has 3 aromatic rings. The molecule has 3 aromatic carbocycles. The third-order valence-electron chi connectivity index (χ3n) is 7.29. The van der Waals surface area contributed by atoms with Crippen molar-refractivity contribution in [1.82, 2.24) is 4.72 Å². The monoisotopic (exact) mass is 552 g/mol. The lowest BCUT2D eigenvalue weighted by Crippen LogP contribution is -2.47. The molecule has 0 bridgehead atoms. The first kappa shape index (κ1) is 27.1. The molecule has 0 aromatic heterocycles. The van der Waals surface area contributed by atoms with Gasteiger partial charge in [-0.25, -0.2) is 17.5 Å². The van der Waals surface area contributed by atoms with Gasteiger partial charge < -0.3 is 19.9 Å². The third-order valence-corrected chi connectivity index (χ3v) is 8.79. The minimum Gasteiger partial charge on any atom is -0.375 e. The van der Waals surface area contributed by atoms with Gasteiger partial charge in [0.25, 0.3) is 0 Å². The number of hydrogen-bond donors (Lipinski definition) is 2. The van der Waals surface area contributed by atoms with Crippen LogP contribution in [0, 0.1) is 5.82 Å². The first-order valence-corrected chi connectivity index (χ1v) is 14.6. The Labute approximate surface area is 228 Å². The molecule has 0 unspecified atom stereocenters. The van der Waals surface area contributed by atoms with Gasteiger partial charge in [-0.3, -0.25) is 4.79 Å². The van der Waals surface area contributed by atoms with Gasteiger partial charge in [0, 0.05) is 45.0 Å². The molecule has 2 N–H and O–H groups in total. The number of hydrogen-bond acceptors (Lipinski definition) is 6. The lowest BCUT2D eigenvalue weighted by Gasteiger charge is -2.38. The lowest BCUT2D eigenvalue weighted by atomic mass is 9.88. The highest BCUT2D eigenvalue weighted by Crippen LogP contribution is 2.34. The first-order valence-electron chi connectivity index (χ1n) is 13.1. The van der Waals surface area contributed by atoms with Gasteiger partial charge >= 0.3 is 0 Å². The summed E-state index contributed by atoms with van der Waals surface area (Å²) in [5, 5.41) is 2.71. The molecule has 0 saturated carbocycles. The van der Waals surface area contributed by atoms with Crippen LogP contribution in [0.15, 0.2) is 71.6 Å². The van der Waals surface area contributed by atoms with Crippen molar-refractivity contribution >= 4 is 33.0 Å². The van der Waals surface area contributed by atoms with E-state index in [4.69, 9.17) is 4.74 Å². The largest absolute Gasteiger partial charge is 0.375 e. The molecule has 1 amide bonds. The second-order valence-corrected chi connectivity index (χ2v) is 11.5. The van der Waals surface area contributed by atoms with Crippen molar-refractivity contribution in [2.75, 3.05) is 55.0 Å². The number of aryl methyl sites for hydroxylation is 1. The molecule has 5 rings (SSSR count). The van der Waals surface area contributed by atoms with Gasteiger partial charge in [0.05, 0.1) is 11.4 Å². The van der Waals surface area contributed by atoms with E-state index < -0.39 is 10.0 Å². The molecule has 10 heteroatoms. The predicted molar refractivity (Wildman–Crippen MR) is 150 cm³/mol. The minimum absolute atomic E-state index is 0.0973. The SMILES string of the molecule is COCC(=O)Nc1ccc(N2CCN(c3ccccc3F)CC2)c(S(=O)(=O)N[C@H]2CCCc3ccccc32)c1. The Balaban J connectivity index is 1.43. The van der Waals surface area contributed by atoms with Crippen molar-refractivity contribution in [3.05, 3.63) is 83.7 Å². The Morgan fingerprint density at radius 1 is 0.974 bits per heavy atom. The van der Waals surface area contributed by atoms with Gasteiger partial charge in [-0.1, -0.05) is 36.4 Å². The van der Waals surface area contributed by atoms with Crippen molar-refractivity contribution in [3.8, 4) is 0 Å². The van der Waals surface area contributed by atoms with Gasteiger partial charge in [-0.15, -0.1) is 0 Å². The Kier molecular flexibility index (Phi) is 8.15. The van der Waals surface area contributed by atoms with Crippen LogP contribution < -0.4 is 19.8 Å². The Hall–Kier alpha value is -3.47. The maximum absolute atomic E-state index is 14.4. The number of sulfonamides is 1. The number of methoxy groups -OCH3 is 1. The summed E-state index contributed by atoms with van der Waals surface area (Å²) in [7, 11) is -2.55. The fraction of sp³-hybridized carbons (Fsp3) is 0.345. The molecule has 2 aliphatic rings. The number of anilines is 3. The van der Waals surface area contributed by atoms with E-state index in [0.717, 1.165) is 24.0 Å². The number of carbonyl (C=O) groups is 1. The second kappa shape index (κ2) is 11.7. The summed E-state index contributed by atoms with van der Waals surface area (Å²) in [5.74, 6) is -0.649. The Morgan fingerprint density at radius 3 is 2.41 bits per heavy atom. The van der Waals surface area contributed by atoms with Crippen LogP contribution in [-0.2, 0) is 26.0 Å². The average molecular weight is 553 g/mol. The van der Waals surface area contributed by atoms with Gasteiger partial charge in [-0.2, -0.15) is 0 Å². The molecule has 1 fully saturated rings. The second-order valence-electron chi connectivity index (χ2n) is 9.85. The molecule has 1 aliphatic heterocycles. The van der Waals surface area contributed by atoms with Crippen LogP contribution >= 0.6 is 0 Å². The molecular weight excluding hydrogens is 519 g/mol. The predicted octanol–water partition coefficient (Wildman–Crippen LogP) is 4.09. The average Bonchev–Trinajstić information content (AvgIpc) is 2.94. The molecule has 1 heterocycles. The summed E-state index contributed by atoms with van der Waals surface area (Å²) in [6.07, 6.45) is 2.52. The van der Waals surface area contributed by atoms with Gasteiger partial charge in [0.1, 0.15) is 17.3 Å². The van der Waals surface area contributed by atoms with Crippen molar-refractivity contribution in [1.29, 1.82) is 0 Å². The quantitative estimate of drug-likeness (QED) is 0.438. The molecule has 39 heavy (non-hydrogen) atoms. The van der Waals surface area contributed by atoms with Crippen molar-refractivity contribution in [2.24, 2.45) is 0 Å². The summed E-state index contributed by atoms with van der Waals surface area (Å²) >= 11 is 0. The van der Waals surface area contributed by atoms with Crippen LogP contribution in [0.1, 0.15) is 30.0 Å². The lowest BCUT2D eigenvalue weighted by molar-refractivity contribution is -0.119. The van der Waals surface area contributed by atoms with Crippen LogP contribution in [0.5, 0.6) is 0 Å². The molecule has 0 spiro atoms. The first-order chi connectivity index (χ1) is 18.9. The summed E-state index contributed by atoms with van der Waals surface area (Å²) in [6, 6.07) is 19.2. The summed E-state index contributed by atoms with van der Waals surface area (Å²) in [4.78, 5) is 16.2. The minimum atomic E-state index is -3.97. The van der Waals surface area contributed by atoms with E-state index in [2.05, 4.69) is 10.0 Å². The topological polar surface area (TPSA) is 91.0 Å². The van der Waals surface area contributed by atoms with Gasteiger partial charge in [-0.05, 0) is 60.7 Å². The molecular formula is C29H33FN4O4S. The van der Waals surface area contributed by atoms with Crippen LogP contribution in [0.2, 0.25) is 0 Å². The number of ether oxygens (including phenoxy) is 1. The van der Waals surface area contributed by atoms with Gasteiger partial charge in [0.2, 0.25) is 15.9 Å². The molecule has 1 atom stereocenters. The number of benzene rings is 3. The maximum Gasteiger partial charge on any atom is 0.250 e. The van der Waals surface area contributed by atoms with E-state index >= 15 is 0 Å². The fourth-order valence-corrected chi connectivity index (χ4v) is 6.92. The van der Waals surface area contributed by atoms with E-state index in [0.29, 0.717) is 49.7 Å². The summed E-state index contributed by atoms with van der Waals surface area (Å²) < 4.78 is 50.1. The van der Waals surface area contributed by atoms with E-state index in [1.165, 1.54) is 19.2 Å². The normalized spacial score (nSPS) is 17.5. The Bertz CT molecular complexity index is 1440. The maximum atomic E-state index is 14.4. The van der Waals surface area contributed by atoms with Gasteiger partial charge in [0.15, 0.2) is 0 Å². The number of para-hydroxylation sites is 1. The number of amides is 1. The van der Waals surface area contributed by atoms with E-state index in [9.17, 15) is 17.6 Å². The highest BCUT2D eigenvalue weighted by atomic mass is 32.2. The number of piperazine rings is 1. The van der Waals surface area contributed by atoms with Crippen LogP contribution in [0.3, 0.4) is 0 Å². The number of nitrogens with one attached hydrogen (secondary N) is 2. The van der Waals surface area contributed by atoms with Crippen molar-refractivity contribution in [3.63, 3.8) is 0 Å². The van der Waals surface area contributed by atoms with Crippen molar-refractivity contribution < 1.29 is 22.3 Å². The Morgan fingerprint density at radius 2 is 1.67 bits per heavy atom. The number of rotatable bonds is 8. The number of halogens is 1. The molecule has 1 saturated heterocycles. The number of fused-ring (bicyclic) bond motifs is 1. The number of carbonyl (C=O) groups excluding carboxylic acids is 1. The smallest absolute Gasteiger partial charge is 0.250 e. The zero-order valence-corrected chi connectivity index (χ0v) is 22.7. The van der Waals surface area contributed by atoms with E-state index in [1.807, 2.05) is 34.1 Å². The van der Waals surface area contributed by atoms with E-state index in [-0.39, 0.29) is 29.3 Å². The molecule has 0 radical (unpaired) electrons. The van der Waals surface area contributed by atoms with Crippen LogP contribution in [0.4, 0.5) is 21.5 Å². The van der Waals surface area contributed by atoms with E-state index in [1.54, 1.807) is 30.3 Å². The van der Waals surface area contributed by atoms with Crippen LogP contribution in [-0.4, -0.2) is 54.2 Å². The third kappa shape index (κ3) is 6.08. The molecule has 206 valence electrons. The summed E-state index contributed by atoms with van der Waals surface area (Å²) in [5.41, 5.74) is 3.61.